The Morgan fingerprint density at radius 2 is 1.76 bits per heavy atom. The van der Waals surface area contributed by atoms with Crippen LogP contribution < -0.4 is 0 Å². The predicted molar refractivity (Wildman–Crippen MR) is 64.6 cm³/mol. The first-order valence-corrected chi connectivity index (χ1v) is 6.59. The Bertz CT molecular complexity index is 264. The van der Waals surface area contributed by atoms with Crippen LogP contribution in [0.15, 0.2) is 0 Å². The maximum Gasteiger partial charge on any atom is 0.127 e. The summed E-state index contributed by atoms with van der Waals surface area (Å²) in [6, 6.07) is 0. The van der Waals surface area contributed by atoms with Crippen molar-refractivity contribution in [3.8, 4) is 0 Å². The monoisotopic (exact) mass is 241 g/mol. The second-order valence-corrected chi connectivity index (χ2v) is 5.99. The van der Waals surface area contributed by atoms with Crippen LogP contribution in [0.1, 0.15) is 32.6 Å². The molecule has 2 unspecified atom stereocenters. The number of nitrogens with zero attached hydrogens (tertiary/aromatic N) is 1. The first-order valence-electron chi connectivity index (χ1n) is 6.59. The molecule has 1 heterocycles. The summed E-state index contributed by atoms with van der Waals surface area (Å²) in [6.45, 7) is 3.91. The van der Waals surface area contributed by atoms with E-state index < -0.39 is 12.2 Å². The molecule has 17 heavy (non-hydrogen) atoms. The van der Waals surface area contributed by atoms with Gasteiger partial charge in [0.2, 0.25) is 0 Å². The third-order valence-corrected chi connectivity index (χ3v) is 4.39. The Kier molecular flexibility index (Phi) is 3.85. The van der Waals surface area contributed by atoms with E-state index >= 15 is 0 Å². The minimum Gasteiger partial charge on any atom is -0.389 e. The van der Waals surface area contributed by atoms with Gasteiger partial charge in [-0.2, -0.15) is 0 Å². The highest BCUT2D eigenvalue weighted by Crippen LogP contribution is 2.38. The van der Waals surface area contributed by atoms with E-state index in [4.69, 9.17) is 0 Å². The van der Waals surface area contributed by atoms with E-state index in [-0.39, 0.29) is 5.41 Å². The van der Waals surface area contributed by atoms with Crippen LogP contribution in [-0.4, -0.2) is 53.2 Å². The fraction of sp³-hybridized carbons (Fsp3) is 0.923. The van der Waals surface area contributed by atoms with Crippen LogP contribution in [0.25, 0.3) is 0 Å². The highest BCUT2D eigenvalue weighted by Gasteiger charge is 2.39. The summed E-state index contributed by atoms with van der Waals surface area (Å²) in [5.41, 5.74) is -0.240. The summed E-state index contributed by atoms with van der Waals surface area (Å²) in [5, 5.41) is 19.0. The molecule has 0 spiro atoms. The Hall–Kier alpha value is -0.450. The molecular weight excluding hydrogens is 218 g/mol. The normalized spacial score (nSPS) is 43.8. The minimum absolute atomic E-state index is 0.240. The molecule has 0 aromatic heterocycles. The number of hydrogen-bond acceptors (Lipinski definition) is 4. The van der Waals surface area contributed by atoms with Crippen molar-refractivity contribution in [2.45, 2.75) is 44.8 Å². The van der Waals surface area contributed by atoms with Crippen LogP contribution >= 0.6 is 0 Å². The first kappa shape index (κ1) is 13.0. The summed E-state index contributed by atoms with van der Waals surface area (Å²) < 4.78 is 0. The summed E-state index contributed by atoms with van der Waals surface area (Å²) in [7, 11) is 0. The van der Waals surface area contributed by atoms with Crippen LogP contribution in [0.3, 0.4) is 0 Å². The highest BCUT2D eigenvalue weighted by molar-refractivity contribution is 5.60. The zero-order valence-electron chi connectivity index (χ0n) is 10.5. The lowest BCUT2D eigenvalue weighted by molar-refractivity contribution is -0.119. The van der Waals surface area contributed by atoms with Crippen molar-refractivity contribution in [3.05, 3.63) is 0 Å². The zero-order chi connectivity index (χ0) is 12.5. The van der Waals surface area contributed by atoms with E-state index in [1.54, 1.807) is 0 Å². The molecule has 2 atom stereocenters. The van der Waals surface area contributed by atoms with E-state index in [1.807, 2.05) is 4.90 Å². The molecule has 0 aromatic rings. The zero-order valence-corrected chi connectivity index (χ0v) is 10.5. The van der Waals surface area contributed by atoms with Crippen molar-refractivity contribution in [2.24, 2.45) is 11.3 Å². The van der Waals surface area contributed by atoms with Crippen LogP contribution in [0, 0.1) is 11.3 Å². The van der Waals surface area contributed by atoms with Gasteiger partial charge in [-0.25, -0.2) is 0 Å². The molecule has 0 bridgehead atoms. The number of rotatable bonds is 3. The van der Waals surface area contributed by atoms with Crippen LogP contribution in [0.4, 0.5) is 0 Å². The smallest absolute Gasteiger partial charge is 0.127 e. The van der Waals surface area contributed by atoms with Crippen molar-refractivity contribution in [2.75, 3.05) is 19.6 Å². The molecular formula is C13H23NO3. The van der Waals surface area contributed by atoms with Gasteiger partial charge in [-0.15, -0.1) is 0 Å². The molecule has 1 aliphatic carbocycles. The molecule has 1 saturated heterocycles. The number of likely N-dealkylation sites (tertiary alicyclic amines) is 1. The second-order valence-electron chi connectivity index (χ2n) is 5.99. The molecule has 2 fully saturated rings. The van der Waals surface area contributed by atoms with E-state index in [0.717, 1.165) is 37.9 Å². The molecule has 2 rings (SSSR count). The SMILES string of the molecule is CC1CCC(C=O)(CN2CC(O)C(O)C2)CC1. The lowest BCUT2D eigenvalue weighted by Gasteiger charge is -2.37. The Morgan fingerprint density at radius 1 is 1.24 bits per heavy atom. The van der Waals surface area contributed by atoms with Gasteiger partial charge >= 0.3 is 0 Å². The summed E-state index contributed by atoms with van der Waals surface area (Å²) in [4.78, 5) is 13.4. The van der Waals surface area contributed by atoms with Crippen molar-refractivity contribution < 1.29 is 15.0 Å². The van der Waals surface area contributed by atoms with E-state index in [2.05, 4.69) is 6.92 Å². The topological polar surface area (TPSA) is 60.8 Å². The molecule has 1 aliphatic heterocycles. The van der Waals surface area contributed by atoms with Crippen LogP contribution in [0.2, 0.25) is 0 Å². The molecule has 0 aromatic carbocycles. The fourth-order valence-corrected chi connectivity index (χ4v) is 3.07. The largest absolute Gasteiger partial charge is 0.389 e. The molecule has 2 N–H and O–H groups in total. The van der Waals surface area contributed by atoms with Gasteiger partial charge in [-0.05, 0) is 31.6 Å². The number of aliphatic hydroxyl groups excluding tert-OH is 2. The third kappa shape index (κ3) is 2.87. The maximum absolute atomic E-state index is 11.4. The third-order valence-electron chi connectivity index (χ3n) is 4.39. The number of hydrogen-bond donors (Lipinski definition) is 2. The van der Waals surface area contributed by atoms with Gasteiger partial charge < -0.3 is 15.0 Å². The number of carbonyl (C=O) groups excluding carboxylic acids is 1. The average molecular weight is 241 g/mol. The standard InChI is InChI=1S/C13H23NO3/c1-10-2-4-13(9-15,5-3-10)8-14-6-11(16)12(17)7-14/h9-12,16-17H,2-8H2,1H3. The van der Waals surface area contributed by atoms with Crippen molar-refractivity contribution in [1.82, 2.24) is 4.90 Å². The minimum atomic E-state index is -0.652. The number of aliphatic hydroxyl groups is 2. The Balaban J connectivity index is 1.94. The van der Waals surface area contributed by atoms with Crippen LogP contribution in [0.5, 0.6) is 0 Å². The average Bonchev–Trinajstić information content (AvgIpc) is 2.62. The molecule has 98 valence electrons. The van der Waals surface area contributed by atoms with Gasteiger partial charge in [-0.1, -0.05) is 6.92 Å². The highest BCUT2D eigenvalue weighted by atomic mass is 16.3. The van der Waals surface area contributed by atoms with E-state index in [1.165, 1.54) is 0 Å². The lowest BCUT2D eigenvalue weighted by Crippen LogP contribution is -2.40. The molecule has 4 nitrogen and oxygen atoms in total. The van der Waals surface area contributed by atoms with Crippen molar-refractivity contribution in [3.63, 3.8) is 0 Å². The predicted octanol–water partition coefficient (Wildman–Crippen LogP) is 0.419. The fourth-order valence-electron chi connectivity index (χ4n) is 3.07. The quantitative estimate of drug-likeness (QED) is 0.703. The molecule has 1 saturated carbocycles. The number of β-amino-alcohol motifs (C(OH)–C–C–N with tert-alkyl or cyclic N) is 2. The van der Waals surface area contributed by atoms with Gasteiger partial charge in [0.1, 0.15) is 6.29 Å². The first-order chi connectivity index (χ1) is 8.04. The van der Waals surface area contributed by atoms with Gasteiger partial charge in [-0.3, -0.25) is 4.90 Å². The van der Waals surface area contributed by atoms with Crippen molar-refractivity contribution >= 4 is 6.29 Å². The number of carbonyl (C=O) groups is 1. The van der Waals surface area contributed by atoms with Gasteiger partial charge in [0.25, 0.3) is 0 Å². The Labute approximate surface area is 103 Å². The van der Waals surface area contributed by atoms with Gasteiger partial charge in [0.15, 0.2) is 0 Å². The maximum atomic E-state index is 11.4. The van der Waals surface area contributed by atoms with Gasteiger partial charge in [0, 0.05) is 25.0 Å². The molecule has 4 heteroatoms. The molecule has 0 amide bonds. The molecule has 2 aliphatic rings. The van der Waals surface area contributed by atoms with Gasteiger partial charge in [0.05, 0.1) is 12.2 Å². The van der Waals surface area contributed by atoms with Crippen LogP contribution in [-0.2, 0) is 4.79 Å². The van der Waals surface area contributed by atoms with E-state index in [9.17, 15) is 15.0 Å². The summed E-state index contributed by atoms with van der Waals surface area (Å²) in [6.07, 6.45) is 3.91. The summed E-state index contributed by atoms with van der Waals surface area (Å²) >= 11 is 0. The Morgan fingerprint density at radius 3 is 2.24 bits per heavy atom. The summed E-state index contributed by atoms with van der Waals surface area (Å²) in [5.74, 6) is 0.720. The molecule has 0 radical (unpaired) electrons. The number of aldehydes is 1. The van der Waals surface area contributed by atoms with E-state index in [0.29, 0.717) is 19.6 Å². The lowest BCUT2D eigenvalue weighted by atomic mass is 9.71. The van der Waals surface area contributed by atoms with Crippen molar-refractivity contribution in [1.29, 1.82) is 0 Å². The second kappa shape index (κ2) is 5.04.